The van der Waals surface area contributed by atoms with Crippen LogP contribution in [-0.4, -0.2) is 28.2 Å². The quantitative estimate of drug-likeness (QED) is 0.208. The molecule has 0 fully saturated rings. The number of aryl methyl sites for hydroxylation is 2. The van der Waals surface area contributed by atoms with Gasteiger partial charge in [0.05, 0.1) is 0 Å². The number of halogens is 1. The molecule has 4 aromatic rings. The maximum absolute atomic E-state index is 12.9. The van der Waals surface area contributed by atoms with Gasteiger partial charge in [-0.3, -0.25) is 14.9 Å². The summed E-state index contributed by atoms with van der Waals surface area (Å²) in [7, 11) is 0. The SMILES string of the molecule is Cc1noc(-c2ccc(C(=O)Nc3ccccc3CCC(=O)O)cc2)c1NC(=O)O[C@H](C)c1ccccc1Cl. The second-order valence-corrected chi connectivity index (χ2v) is 9.16. The van der Waals surface area contributed by atoms with Crippen LogP contribution in [0.15, 0.2) is 77.3 Å². The number of aliphatic carboxylic acids is 1. The van der Waals surface area contributed by atoms with Crippen LogP contribution < -0.4 is 10.6 Å². The molecule has 39 heavy (non-hydrogen) atoms. The number of benzene rings is 3. The Morgan fingerprint density at radius 1 is 1.00 bits per heavy atom. The number of carbonyl (C=O) groups is 3. The maximum Gasteiger partial charge on any atom is 0.412 e. The van der Waals surface area contributed by atoms with Gasteiger partial charge in [-0.05, 0) is 50.1 Å². The molecule has 1 atom stereocenters. The van der Waals surface area contributed by atoms with E-state index in [1.54, 1.807) is 80.6 Å². The Kier molecular flexibility index (Phi) is 8.63. The van der Waals surface area contributed by atoms with Gasteiger partial charge in [-0.1, -0.05) is 65.3 Å². The summed E-state index contributed by atoms with van der Waals surface area (Å²) >= 11 is 6.20. The second kappa shape index (κ2) is 12.3. The third-order valence-corrected chi connectivity index (χ3v) is 6.34. The van der Waals surface area contributed by atoms with Crippen molar-refractivity contribution < 1.29 is 28.8 Å². The molecule has 0 aliphatic rings. The van der Waals surface area contributed by atoms with Crippen molar-refractivity contribution in [2.75, 3.05) is 10.6 Å². The van der Waals surface area contributed by atoms with Gasteiger partial charge < -0.3 is 19.7 Å². The highest BCUT2D eigenvalue weighted by molar-refractivity contribution is 6.31. The molecule has 9 nitrogen and oxygen atoms in total. The molecule has 3 aromatic carbocycles. The van der Waals surface area contributed by atoms with E-state index in [1.807, 2.05) is 6.07 Å². The minimum Gasteiger partial charge on any atom is -0.481 e. The molecule has 0 saturated carbocycles. The average molecular weight is 548 g/mol. The van der Waals surface area contributed by atoms with Crippen LogP contribution in [0.4, 0.5) is 16.2 Å². The van der Waals surface area contributed by atoms with E-state index in [1.165, 1.54) is 0 Å². The van der Waals surface area contributed by atoms with Crippen molar-refractivity contribution >= 4 is 40.9 Å². The highest BCUT2D eigenvalue weighted by Gasteiger charge is 2.21. The van der Waals surface area contributed by atoms with Gasteiger partial charge in [0, 0.05) is 33.8 Å². The van der Waals surface area contributed by atoms with Crippen molar-refractivity contribution in [1.82, 2.24) is 5.16 Å². The first-order valence-corrected chi connectivity index (χ1v) is 12.5. The lowest BCUT2D eigenvalue weighted by atomic mass is 10.1. The van der Waals surface area contributed by atoms with Gasteiger partial charge in [0.2, 0.25) is 0 Å². The fourth-order valence-corrected chi connectivity index (χ4v) is 4.23. The lowest BCUT2D eigenvalue weighted by Crippen LogP contribution is -2.17. The minimum atomic E-state index is -0.911. The van der Waals surface area contributed by atoms with Crippen LogP contribution >= 0.6 is 11.6 Å². The third kappa shape index (κ3) is 6.82. The number of amides is 2. The molecule has 0 aliphatic heterocycles. The van der Waals surface area contributed by atoms with E-state index in [-0.39, 0.29) is 12.3 Å². The van der Waals surface area contributed by atoms with Gasteiger partial charge in [-0.15, -0.1) is 0 Å². The van der Waals surface area contributed by atoms with Gasteiger partial charge >= 0.3 is 12.1 Å². The van der Waals surface area contributed by atoms with Crippen molar-refractivity contribution in [2.24, 2.45) is 0 Å². The van der Waals surface area contributed by atoms with E-state index in [9.17, 15) is 14.4 Å². The number of hydrogen-bond acceptors (Lipinski definition) is 6. The summed E-state index contributed by atoms with van der Waals surface area (Å²) in [5.74, 6) is -0.957. The fraction of sp³-hybridized carbons (Fsp3) is 0.172. The number of nitrogens with one attached hydrogen (secondary N) is 2. The predicted octanol–water partition coefficient (Wildman–Crippen LogP) is 6.88. The zero-order valence-corrected chi connectivity index (χ0v) is 22.0. The molecule has 0 aliphatic carbocycles. The molecule has 1 aromatic heterocycles. The molecule has 2 amide bonds. The number of aromatic nitrogens is 1. The normalized spacial score (nSPS) is 11.5. The molecule has 3 N–H and O–H groups in total. The van der Waals surface area contributed by atoms with Crippen LogP contribution in [0.3, 0.4) is 0 Å². The summed E-state index contributed by atoms with van der Waals surface area (Å²) in [4.78, 5) is 36.4. The Labute approximate surface area is 229 Å². The van der Waals surface area contributed by atoms with Crippen molar-refractivity contribution in [3.8, 4) is 11.3 Å². The Bertz CT molecular complexity index is 1500. The van der Waals surface area contributed by atoms with E-state index in [2.05, 4.69) is 15.8 Å². The lowest BCUT2D eigenvalue weighted by Gasteiger charge is -2.15. The highest BCUT2D eigenvalue weighted by Crippen LogP contribution is 2.32. The zero-order valence-electron chi connectivity index (χ0n) is 21.2. The first-order chi connectivity index (χ1) is 18.7. The third-order valence-electron chi connectivity index (χ3n) is 6.00. The molecular formula is C29H26ClN3O6. The van der Waals surface area contributed by atoms with Crippen LogP contribution in [0.5, 0.6) is 0 Å². The monoisotopic (exact) mass is 547 g/mol. The fourth-order valence-electron chi connectivity index (χ4n) is 3.94. The first-order valence-electron chi connectivity index (χ1n) is 12.1. The Balaban J connectivity index is 1.45. The summed E-state index contributed by atoms with van der Waals surface area (Å²) in [5.41, 5.74) is 3.72. The van der Waals surface area contributed by atoms with Crippen molar-refractivity contribution in [1.29, 1.82) is 0 Å². The second-order valence-electron chi connectivity index (χ2n) is 8.75. The van der Waals surface area contributed by atoms with Gasteiger partial charge in [0.25, 0.3) is 5.91 Å². The molecule has 0 spiro atoms. The Morgan fingerprint density at radius 2 is 1.69 bits per heavy atom. The van der Waals surface area contributed by atoms with Crippen LogP contribution in [0, 0.1) is 6.92 Å². The summed E-state index contributed by atoms with van der Waals surface area (Å²) in [5, 5.41) is 19.0. The number of nitrogens with zero attached hydrogens (tertiary/aromatic N) is 1. The van der Waals surface area contributed by atoms with Gasteiger partial charge in [0.15, 0.2) is 5.76 Å². The molecule has 0 unspecified atom stereocenters. The molecule has 1 heterocycles. The van der Waals surface area contributed by atoms with Gasteiger partial charge in [-0.2, -0.15) is 0 Å². The maximum atomic E-state index is 12.9. The summed E-state index contributed by atoms with van der Waals surface area (Å²) in [6.07, 6.45) is -1.03. The lowest BCUT2D eigenvalue weighted by molar-refractivity contribution is -0.136. The summed E-state index contributed by atoms with van der Waals surface area (Å²) < 4.78 is 11.0. The van der Waals surface area contributed by atoms with Gasteiger partial charge in [0.1, 0.15) is 17.5 Å². The number of hydrogen-bond donors (Lipinski definition) is 3. The number of carboxylic acid groups (broad SMARTS) is 1. The number of anilines is 2. The number of para-hydroxylation sites is 1. The van der Waals surface area contributed by atoms with E-state index < -0.39 is 18.2 Å². The van der Waals surface area contributed by atoms with Crippen molar-refractivity contribution in [3.63, 3.8) is 0 Å². The summed E-state index contributed by atoms with van der Waals surface area (Å²) in [6.45, 7) is 3.40. The van der Waals surface area contributed by atoms with Crippen LogP contribution in [0.2, 0.25) is 5.02 Å². The Hall–Kier alpha value is -4.63. The molecule has 0 bridgehead atoms. The van der Waals surface area contributed by atoms with E-state index in [0.717, 1.165) is 5.56 Å². The standard InChI is InChI=1S/C29H26ClN3O6/c1-17-26(32-29(37)38-18(2)22-8-4-5-9-23(22)30)27(39-33-17)20-11-13-21(14-12-20)28(36)31-24-10-6-3-7-19(24)15-16-25(34)35/h3-14,18H,15-16H2,1-2H3,(H,31,36)(H,32,37)(H,34,35)/t18-/m1/s1. The van der Waals surface area contributed by atoms with Crippen molar-refractivity contribution in [2.45, 2.75) is 32.8 Å². The zero-order chi connectivity index (χ0) is 27.9. The number of rotatable bonds is 9. The van der Waals surface area contributed by atoms with E-state index in [4.69, 9.17) is 26.0 Å². The smallest absolute Gasteiger partial charge is 0.412 e. The molecule has 200 valence electrons. The highest BCUT2D eigenvalue weighted by atomic mass is 35.5. The van der Waals surface area contributed by atoms with E-state index >= 15 is 0 Å². The van der Waals surface area contributed by atoms with Crippen molar-refractivity contribution in [3.05, 3.63) is 100 Å². The van der Waals surface area contributed by atoms with Crippen LogP contribution in [0.25, 0.3) is 11.3 Å². The largest absolute Gasteiger partial charge is 0.481 e. The molecule has 10 heteroatoms. The predicted molar refractivity (Wildman–Crippen MR) is 147 cm³/mol. The molecule has 0 saturated heterocycles. The number of carboxylic acids is 1. The van der Waals surface area contributed by atoms with Gasteiger partial charge in [-0.25, -0.2) is 4.79 Å². The average Bonchev–Trinajstić information content (AvgIpc) is 3.27. The molecule has 0 radical (unpaired) electrons. The topological polar surface area (TPSA) is 131 Å². The minimum absolute atomic E-state index is 0.0407. The van der Waals surface area contributed by atoms with E-state index in [0.29, 0.717) is 51.0 Å². The summed E-state index contributed by atoms with van der Waals surface area (Å²) in [6, 6.07) is 20.7. The Morgan fingerprint density at radius 3 is 2.41 bits per heavy atom. The molecular weight excluding hydrogens is 522 g/mol. The number of carbonyl (C=O) groups excluding carboxylic acids is 2. The van der Waals surface area contributed by atoms with Crippen LogP contribution in [-0.2, 0) is 16.0 Å². The number of ether oxygens (including phenoxy) is 1. The first kappa shape index (κ1) is 27.4. The molecule has 4 rings (SSSR count). The van der Waals surface area contributed by atoms with Crippen LogP contribution in [0.1, 0.15) is 46.6 Å².